The van der Waals surface area contributed by atoms with Gasteiger partial charge in [0.05, 0.1) is 12.2 Å². The zero-order chi connectivity index (χ0) is 15.3. The van der Waals surface area contributed by atoms with E-state index >= 15 is 0 Å². The van der Waals surface area contributed by atoms with E-state index in [0.717, 1.165) is 0 Å². The summed E-state index contributed by atoms with van der Waals surface area (Å²) < 4.78 is 18.3. The molecule has 4 nitrogen and oxygen atoms in total. The van der Waals surface area contributed by atoms with E-state index in [0.29, 0.717) is 10.0 Å². The minimum absolute atomic E-state index is 0.131. The van der Waals surface area contributed by atoms with Crippen LogP contribution in [-0.2, 0) is 9.53 Å². The number of amides is 1. The van der Waals surface area contributed by atoms with Crippen molar-refractivity contribution in [2.45, 2.75) is 26.8 Å². The summed E-state index contributed by atoms with van der Waals surface area (Å²) >= 11 is 3.16. The normalized spacial score (nSPS) is 10.5. The number of esters is 1. The van der Waals surface area contributed by atoms with Gasteiger partial charge in [-0.3, -0.25) is 9.59 Å². The molecule has 1 amide bonds. The predicted molar refractivity (Wildman–Crippen MR) is 76.9 cm³/mol. The number of rotatable bonds is 5. The van der Waals surface area contributed by atoms with Crippen molar-refractivity contribution in [1.29, 1.82) is 0 Å². The Morgan fingerprint density at radius 1 is 1.40 bits per heavy atom. The van der Waals surface area contributed by atoms with Crippen LogP contribution >= 0.6 is 15.9 Å². The fourth-order valence-electron chi connectivity index (χ4n) is 1.65. The number of nitrogens with zero attached hydrogens (tertiary/aromatic N) is 1. The molecule has 0 unspecified atom stereocenters. The maximum absolute atomic E-state index is 13.1. The summed E-state index contributed by atoms with van der Waals surface area (Å²) in [5, 5.41) is 0. The van der Waals surface area contributed by atoms with E-state index in [4.69, 9.17) is 4.74 Å². The van der Waals surface area contributed by atoms with E-state index in [1.54, 1.807) is 20.8 Å². The van der Waals surface area contributed by atoms with Crippen LogP contribution in [0, 0.1) is 5.82 Å². The summed E-state index contributed by atoms with van der Waals surface area (Å²) in [6.07, 6.45) is 0. The van der Waals surface area contributed by atoms with Crippen molar-refractivity contribution in [2.75, 3.05) is 13.2 Å². The monoisotopic (exact) mass is 345 g/mol. The third kappa shape index (κ3) is 4.30. The minimum Gasteiger partial charge on any atom is -0.465 e. The second-order valence-corrected chi connectivity index (χ2v) is 5.31. The molecule has 20 heavy (non-hydrogen) atoms. The van der Waals surface area contributed by atoms with Crippen LogP contribution < -0.4 is 0 Å². The average Bonchev–Trinajstić information content (AvgIpc) is 2.35. The molecule has 0 fully saturated rings. The topological polar surface area (TPSA) is 46.6 Å². The van der Waals surface area contributed by atoms with Crippen molar-refractivity contribution in [1.82, 2.24) is 4.90 Å². The number of ether oxygens (including phenoxy) is 1. The van der Waals surface area contributed by atoms with Crippen molar-refractivity contribution in [2.24, 2.45) is 0 Å². The Morgan fingerprint density at radius 2 is 2.05 bits per heavy atom. The van der Waals surface area contributed by atoms with Crippen LogP contribution in [0.4, 0.5) is 4.39 Å². The fraction of sp³-hybridized carbons (Fsp3) is 0.429. The van der Waals surface area contributed by atoms with Gasteiger partial charge >= 0.3 is 5.97 Å². The summed E-state index contributed by atoms with van der Waals surface area (Å²) in [6, 6.07) is 3.64. The van der Waals surface area contributed by atoms with Crippen LogP contribution in [-0.4, -0.2) is 36.0 Å². The number of halogens is 2. The number of hydrogen-bond donors (Lipinski definition) is 0. The maximum Gasteiger partial charge on any atom is 0.325 e. The smallest absolute Gasteiger partial charge is 0.325 e. The molecule has 0 aliphatic heterocycles. The molecule has 6 heteroatoms. The van der Waals surface area contributed by atoms with Gasteiger partial charge in [-0.2, -0.15) is 0 Å². The zero-order valence-corrected chi connectivity index (χ0v) is 13.2. The molecular formula is C14H17BrFNO3. The molecule has 0 atom stereocenters. The first-order valence-electron chi connectivity index (χ1n) is 6.28. The van der Waals surface area contributed by atoms with Crippen LogP contribution in [0.15, 0.2) is 22.7 Å². The molecule has 1 rings (SSSR count). The number of benzene rings is 1. The van der Waals surface area contributed by atoms with E-state index < -0.39 is 11.8 Å². The van der Waals surface area contributed by atoms with E-state index in [1.165, 1.54) is 23.1 Å². The van der Waals surface area contributed by atoms with Gasteiger partial charge in [-0.1, -0.05) is 0 Å². The molecular weight excluding hydrogens is 329 g/mol. The molecule has 0 N–H and O–H groups in total. The van der Waals surface area contributed by atoms with Crippen LogP contribution in [0.1, 0.15) is 31.1 Å². The van der Waals surface area contributed by atoms with Crippen molar-refractivity contribution >= 4 is 27.8 Å². The highest BCUT2D eigenvalue weighted by Crippen LogP contribution is 2.20. The number of carbonyl (C=O) groups excluding carboxylic acids is 2. The van der Waals surface area contributed by atoms with Gasteiger partial charge in [0.1, 0.15) is 12.4 Å². The summed E-state index contributed by atoms with van der Waals surface area (Å²) in [4.78, 5) is 25.4. The molecule has 0 heterocycles. The van der Waals surface area contributed by atoms with Crippen molar-refractivity contribution < 1.29 is 18.7 Å². The first-order valence-corrected chi connectivity index (χ1v) is 7.07. The molecule has 0 aliphatic carbocycles. The highest BCUT2D eigenvalue weighted by molar-refractivity contribution is 9.10. The predicted octanol–water partition coefficient (Wildman–Crippen LogP) is 3.00. The zero-order valence-electron chi connectivity index (χ0n) is 11.7. The maximum atomic E-state index is 13.1. The Hall–Kier alpha value is -1.43. The Balaban J connectivity index is 2.96. The summed E-state index contributed by atoms with van der Waals surface area (Å²) in [7, 11) is 0. The molecule has 1 aromatic rings. The van der Waals surface area contributed by atoms with Gasteiger partial charge in [-0.25, -0.2) is 4.39 Å². The Bertz CT molecular complexity index is 505. The Morgan fingerprint density at radius 3 is 2.55 bits per heavy atom. The van der Waals surface area contributed by atoms with Crippen LogP contribution in [0.5, 0.6) is 0 Å². The van der Waals surface area contributed by atoms with Crippen LogP contribution in [0.25, 0.3) is 0 Å². The fourth-order valence-corrected chi connectivity index (χ4v) is 2.17. The van der Waals surface area contributed by atoms with Crippen molar-refractivity contribution in [3.8, 4) is 0 Å². The van der Waals surface area contributed by atoms with E-state index in [9.17, 15) is 14.0 Å². The molecule has 0 aromatic heterocycles. The lowest BCUT2D eigenvalue weighted by molar-refractivity contribution is -0.144. The number of hydrogen-bond acceptors (Lipinski definition) is 3. The Kier molecular flexibility index (Phi) is 6.13. The lowest BCUT2D eigenvalue weighted by Crippen LogP contribution is -2.41. The van der Waals surface area contributed by atoms with Gasteiger partial charge in [0, 0.05) is 10.5 Å². The molecule has 110 valence electrons. The lowest BCUT2D eigenvalue weighted by atomic mass is 10.1. The van der Waals surface area contributed by atoms with E-state index in [2.05, 4.69) is 15.9 Å². The first-order chi connectivity index (χ1) is 9.36. The van der Waals surface area contributed by atoms with E-state index in [-0.39, 0.29) is 25.1 Å². The summed E-state index contributed by atoms with van der Waals surface area (Å²) in [6.45, 7) is 5.44. The molecule has 1 aromatic carbocycles. The molecule has 0 spiro atoms. The second kappa shape index (κ2) is 7.38. The van der Waals surface area contributed by atoms with Gasteiger partial charge in [0.2, 0.25) is 0 Å². The van der Waals surface area contributed by atoms with Gasteiger partial charge < -0.3 is 9.64 Å². The van der Waals surface area contributed by atoms with Gasteiger partial charge in [-0.05, 0) is 54.9 Å². The summed E-state index contributed by atoms with van der Waals surface area (Å²) in [5.41, 5.74) is 0.310. The SMILES string of the molecule is CCOC(=O)CN(C(=O)c1ccc(F)cc1Br)C(C)C. The minimum atomic E-state index is -0.465. The van der Waals surface area contributed by atoms with Crippen molar-refractivity contribution in [3.63, 3.8) is 0 Å². The van der Waals surface area contributed by atoms with E-state index in [1.807, 2.05) is 0 Å². The highest BCUT2D eigenvalue weighted by Gasteiger charge is 2.23. The van der Waals surface area contributed by atoms with Crippen LogP contribution in [0.3, 0.4) is 0 Å². The largest absolute Gasteiger partial charge is 0.465 e. The second-order valence-electron chi connectivity index (χ2n) is 4.46. The van der Waals surface area contributed by atoms with Gasteiger partial charge in [0.15, 0.2) is 0 Å². The van der Waals surface area contributed by atoms with Gasteiger partial charge in [0.25, 0.3) is 5.91 Å². The standard InChI is InChI=1S/C14H17BrFNO3/c1-4-20-13(18)8-17(9(2)3)14(19)11-6-5-10(16)7-12(11)15/h5-7,9H,4,8H2,1-3H3. The van der Waals surface area contributed by atoms with Gasteiger partial charge in [-0.15, -0.1) is 0 Å². The highest BCUT2D eigenvalue weighted by atomic mass is 79.9. The first kappa shape index (κ1) is 16.6. The van der Waals surface area contributed by atoms with Crippen molar-refractivity contribution in [3.05, 3.63) is 34.1 Å². The molecule has 0 saturated carbocycles. The number of carbonyl (C=O) groups is 2. The summed E-state index contributed by atoms with van der Waals surface area (Å²) in [5.74, 6) is -1.25. The Labute approximate surface area is 126 Å². The molecule has 0 aliphatic rings. The third-order valence-electron chi connectivity index (χ3n) is 2.65. The lowest BCUT2D eigenvalue weighted by Gasteiger charge is -2.26. The quantitative estimate of drug-likeness (QED) is 0.770. The van der Waals surface area contributed by atoms with Crippen LogP contribution in [0.2, 0.25) is 0 Å². The third-order valence-corrected chi connectivity index (χ3v) is 3.31. The molecule has 0 bridgehead atoms. The molecule has 0 saturated heterocycles. The molecule has 0 radical (unpaired) electrons. The average molecular weight is 346 g/mol.